The number of nitrogen functional groups attached to an aromatic ring is 1. The van der Waals surface area contributed by atoms with Gasteiger partial charge in [0.2, 0.25) is 5.91 Å². The first-order chi connectivity index (χ1) is 9.95. The number of piperidine rings is 1. The second-order valence-corrected chi connectivity index (χ2v) is 5.41. The van der Waals surface area contributed by atoms with Crippen molar-refractivity contribution in [2.24, 2.45) is 11.7 Å². The van der Waals surface area contributed by atoms with Crippen LogP contribution in [0.1, 0.15) is 30.1 Å². The molecule has 2 unspecified atom stereocenters. The van der Waals surface area contributed by atoms with E-state index in [9.17, 15) is 9.59 Å². The molecule has 114 valence electrons. The van der Waals surface area contributed by atoms with E-state index in [1.807, 2.05) is 6.92 Å². The molecule has 0 bridgehead atoms. The van der Waals surface area contributed by atoms with Crippen LogP contribution >= 0.6 is 0 Å². The molecule has 2 atom stereocenters. The Morgan fingerprint density at radius 1 is 1.33 bits per heavy atom. The standard InChI is InChI=1S/C15H21N3O3/c1-9-6-7-10(14(17)19)8-18(9)15(20)11-4-3-5-12(16)13(11)21-2/h3-5,9-10H,6-8,16H2,1-2H3,(H2,17,19). The molecule has 0 spiro atoms. The molecule has 1 heterocycles. The molecule has 1 aromatic carbocycles. The van der Waals surface area contributed by atoms with E-state index in [0.717, 1.165) is 6.42 Å². The maximum absolute atomic E-state index is 12.7. The van der Waals surface area contributed by atoms with Gasteiger partial charge in [-0.25, -0.2) is 0 Å². The summed E-state index contributed by atoms with van der Waals surface area (Å²) in [7, 11) is 1.48. The summed E-state index contributed by atoms with van der Waals surface area (Å²) < 4.78 is 5.23. The second kappa shape index (κ2) is 6.03. The number of methoxy groups -OCH3 is 1. The first kappa shape index (κ1) is 15.2. The summed E-state index contributed by atoms with van der Waals surface area (Å²) in [5, 5.41) is 0. The van der Waals surface area contributed by atoms with Crippen molar-refractivity contribution in [2.75, 3.05) is 19.4 Å². The number of nitrogens with zero attached hydrogens (tertiary/aromatic N) is 1. The Morgan fingerprint density at radius 3 is 2.67 bits per heavy atom. The quantitative estimate of drug-likeness (QED) is 0.812. The molecule has 1 aliphatic heterocycles. The van der Waals surface area contributed by atoms with E-state index in [0.29, 0.717) is 30.0 Å². The Bertz CT molecular complexity index is 559. The van der Waals surface area contributed by atoms with Crippen molar-refractivity contribution >= 4 is 17.5 Å². The zero-order valence-electron chi connectivity index (χ0n) is 12.3. The van der Waals surface area contributed by atoms with Gasteiger partial charge in [0.1, 0.15) is 0 Å². The van der Waals surface area contributed by atoms with Crippen LogP contribution in [0.2, 0.25) is 0 Å². The second-order valence-electron chi connectivity index (χ2n) is 5.41. The minimum absolute atomic E-state index is 0.0548. The van der Waals surface area contributed by atoms with Gasteiger partial charge in [0.05, 0.1) is 24.3 Å². The van der Waals surface area contributed by atoms with E-state index in [1.54, 1.807) is 23.1 Å². The molecular formula is C15H21N3O3. The van der Waals surface area contributed by atoms with Crippen LogP contribution in [-0.4, -0.2) is 36.4 Å². The normalized spacial score (nSPS) is 21.9. The van der Waals surface area contributed by atoms with Crippen molar-refractivity contribution in [3.63, 3.8) is 0 Å². The van der Waals surface area contributed by atoms with Gasteiger partial charge >= 0.3 is 0 Å². The lowest BCUT2D eigenvalue weighted by Crippen LogP contribution is -2.48. The summed E-state index contributed by atoms with van der Waals surface area (Å²) >= 11 is 0. The van der Waals surface area contributed by atoms with Crippen LogP contribution in [0.25, 0.3) is 0 Å². The number of para-hydroxylation sites is 1. The fourth-order valence-electron chi connectivity index (χ4n) is 2.73. The number of amides is 2. The molecule has 21 heavy (non-hydrogen) atoms. The summed E-state index contributed by atoms with van der Waals surface area (Å²) in [4.78, 5) is 25.8. The Labute approximate surface area is 124 Å². The van der Waals surface area contributed by atoms with Gasteiger partial charge < -0.3 is 21.1 Å². The topological polar surface area (TPSA) is 98.7 Å². The number of likely N-dealkylation sites (tertiary alicyclic amines) is 1. The van der Waals surface area contributed by atoms with Gasteiger partial charge in [-0.15, -0.1) is 0 Å². The number of hydrogen-bond donors (Lipinski definition) is 2. The van der Waals surface area contributed by atoms with Crippen LogP contribution in [0.4, 0.5) is 5.69 Å². The van der Waals surface area contributed by atoms with Crippen molar-refractivity contribution in [1.29, 1.82) is 0 Å². The highest BCUT2D eigenvalue weighted by Gasteiger charge is 2.33. The monoisotopic (exact) mass is 291 g/mol. The van der Waals surface area contributed by atoms with Crippen molar-refractivity contribution in [3.05, 3.63) is 23.8 Å². The molecule has 2 rings (SSSR count). The van der Waals surface area contributed by atoms with Crippen LogP contribution in [-0.2, 0) is 4.79 Å². The number of ether oxygens (including phenoxy) is 1. The molecule has 0 radical (unpaired) electrons. The Balaban J connectivity index is 2.30. The fraction of sp³-hybridized carbons (Fsp3) is 0.467. The first-order valence-corrected chi connectivity index (χ1v) is 6.98. The molecule has 1 fully saturated rings. The highest BCUT2D eigenvalue weighted by atomic mass is 16.5. The van der Waals surface area contributed by atoms with E-state index in [2.05, 4.69) is 0 Å². The highest BCUT2D eigenvalue weighted by Crippen LogP contribution is 2.30. The van der Waals surface area contributed by atoms with Crippen LogP contribution in [0, 0.1) is 5.92 Å². The van der Waals surface area contributed by atoms with Gasteiger partial charge in [-0.3, -0.25) is 9.59 Å². The number of carbonyl (C=O) groups is 2. The third-order valence-corrected chi connectivity index (χ3v) is 4.03. The molecule has 4 N–H and O–H groups in total. The highest BCUT2D eigenvalue weighted by molar-refractivity contribution is 5.99. The van der Waals surface area contributed by atoms with E-state index >= 15 is 0 Å². The molecular weight excluding hydrogens is 270 g/mol. The Hall–Kier alpha value is -2.24. The number of benzene rings is 1. The average molecular weight is 291 g/mol. The summed E-state index contributed by atoms with van der Waals surface area (Å²) in [6, 6.07) is 5.13. The fourth-order valence-corrected chi connectivity index (χ4v) is 2.73. The maximum atomic E-state index is 12.7. The molecule has 6 nitrogen and oxygen atoms in total. The van der Waals surface area contributed by atoms with Crippen LogP contribution in [0.5, 0.6) is 5.75 Å². The molecule has 6 heteroatoms. The molecule has 2 amide bonds. The molecule has 0 aliphatic carbocycles. The lowest BCUT2D eigenvalue weighted by molar-refractivity contribution is -0.123. The molecule has 1 saturated heterocycles. The number of nitrogens with two attached hydrogens (primary N) is 2. The Morgan fingerprint density at radius 2 is 2.05 bits per heavy atom. The zero-order valence-corrected chi connectivity index (χ0v) is 12.3. The predicted molar refractivity (Wildman–Crippen MR) is 79.8 cm³/mol. The van der Waals surface area contributed by atoms with Crippen molar-refractivity contribution in [1.82, 2.24) is 4.90 Å². The van der Waals surface area contributed by atoms with Crippen LogP contribution in [0.3, 0.4) is 0 Å². The molecule has 1 aliphatic rings. The number of anilines is 1. The third kappa shape index (κ3) is 2.94. The largest absolute Gasteiger partial charge is 0.494 e. The zero-order chi connectivity index (χ0) is 15.6. The van der Waals surface area contributed by atoms with Gasteiger partial charge in [0, 0.05) is 12.6 Å². The minimum atomic E-state index is -0.362. The number of rotatable bonds is 3. The predicted octanol–water partition coefficient (Wildman–Crippen LogP) is 1.00. The smallest absolute Gasteiger partial charge is 0.257 e. The summed E-state index contributed by atoms with van der Waals surface area (Å²) in [6.45, 7) is 2.31. The minimum Gasteiger partial charge on any atom is -0.494 e. The first-order valence-electron chi connectivity index (χ1n) is 6.98. The van der Waals surface area contributed by atoms with Gasteiger partial charge in [-0.1, -0.05) is 6.07 Å². The van der Waals surface area contributed by atoms with Gasteiger partial charge in [-0.05, 0) is 31.9 Å². The third-order valence-electron chi connectivity index (χ3n) is 4.03. The van der Waals surface area contributed by atoms with Crippen molar-refractivity contribution < 1.29 is 14.3 Å². The van der Waals surface area contributed by atoms with Gasteiger partial charge in [0.15, 0.2) is 5.75 Å². The average Bonchev–Trinajstić information content (AvgIpc) is 2.46. The summed E-state index contributed by atoms with van der Waals surface area (Å²) in [5.41, 5.74) is 12.0. The molecule has 1 aromatic rings. The molecule has 0 aromatic heterocycles. The summed E-state index contributed by atoms with van der Waals surface area (Å²) in [5.74, 6) is -0.468. The lowest BCUT2D eigenvalue weighted by Gasteiger charge is -2.37. The van der Waals surface area contributed by atoms with Crippen molar-refractivity contribution in [3.8, 4) is 5.75 Å². The molecule has 0 saturated carbocycles. The Kier molecular flexibility index (Phi) is 4.35. The van der Waals surface area contributed by atoms with E-state index in [-0.39, 0.29) is 23.8 Å². The van der Waals surface area contributed by atoms with E-state index < -0.39 is 0 Å². The lowest BCUT2D eigenvalue weighted by atomic mass is 9.92. The number of primary amides is 1. The maximum Gasteiger partial charge on any atom is 0.257 e. The SMILES string of the molecule is COc1c(N)cccc1C(=O)N1CC(C(N)=O)CCC1C. The van der Waals surface area contributed by atoms with E-state index in [1.165, 1.54) is 7.11 Å². The number of hydrogen-bond acceptors (Lipinski definition) is 4. The van der Waals surface area contributed by atoms with Gasteiger partial charge in [0.25, 0.3) is 5.91 Å². The van der Waals surface area contributed by atoms with Gasteiger partial charge in [-0.2, -0.15) is 0 Å². The van der Waals surface area contributed by atoms with Crippen LogP contribution in [0.15, 0.2) is 18.2 Å². The number of carbonyl (C=O) groups excluding carboxylic acids is 2. The van der Waals surface area contributed by atoms with Crippen LogP contribution < -0.4 is 16.2 Å². The summed E-state index contributed by atoms with van der Waals surface area (Å²) in [6.07, 6.45) is 1.47. The van der Waals surface area contributed by atoms with E-state index in [4.69, 9.17) is 16.2 Å². The van der Waals surface area contributed by atoms with Crippen molar-refractivity contribution in [2.45, 2.75) is 25.8 Å².